The largest absolute Gasteiger partial charge is 0.465 e. The van der Waals surface area contributed by atoms with Crippen LogP contribution in [-0.2, 0) is 17.6 Å². The van der Waals surface area contributed by atoms with E-state index in [1.165, 1.54) is 30.7 Å². The number of ether oxygens (including phenoxy) is 1. The molecule has 2 heterocycles. The Hall–Kier alpha value is -2.15. The van der Waals surface area contributed by atoms with Crippen LogP contribution >= 0.6 is 11.3 Å². The minimum absolute atomic E-state index is 0.273. The number of rotatable bonds is 3. The van der Waals surface area contributed by atoms with E-state index in [4.69, 9.17) is 5.73 Å². The number of nitrogens with one attached hydrogen (secondary N) is 1. The lowest BCUT2D eigenvalue weighted by atomic mass is 10.2. The number of nitrogens with two attached hydrogens (primary N) is 1. The molecule has 104 valence electrons. The number of pyridine rings is 1. The van der Waals surface area contributed by atoms with Gasteiger partial charge in [0, 0.05) is 11.1 Å². The molecule has 0 spiro atoms. The van der Waals surface area contributed by atoms with Gasteiger partial charge in [0.1, 0.15) is 0 Å². The molecule has 0 fully saturated rings. The SMILES string of the molecule is COC(=O)c1ccnc(Nc2nc3c(s2)CCC3)c1N. The average Bonchev–Trinajstić information content (AvgIpc) is 3.01. The standard InChI is InChI=1S/C13H14N4O2S/c1-19-12(18)7-5-6-15-11(10(7)14)17-13-16-8-3-2-4-9(8)20-13/h5-6H,2-4,14H2,1H3,(H,15,16,17). The zero-order valence-electron chi connectivity index (χ0n) is 11.0. The first-order chi connectivity index (χ1) is 9.69. The van der Waals surface area contributed by atoms with Gasteiger partial charge in [-0.15, -0.1) is 11.3 Å². The van der Waals surface area contributed by atoms with Crippen molar-refractivity contribution in [1.29, 1.82) is 0 Å². The summed E-state index contributed by atoms with van der Waals surface area (Å²) in [5.74, 6) is -0.0464. The first-order valence-electron chi connectivity index (χ1n) is 6.27. The summed E-state index contributed by atoms with van der Waals surface area (Å²) in [4.78, 5) is 21.6. The van der Waals surface area contributed by atoms with E-state index in [2.05, 4.69) is 20.0 Å². The van der Waals surface area contributed by atoms with Gasteiger partial charge in [-0.3, -0.25) is 0 Å². The van der Waals surface area contributed by atoms with E-state index in [-0.39, 0.29) is 5.69 Å². The third-order valence-electron chi connectivity index (χ3n) is 3.22. The molecule has 3 N–H and O–H groups in total. The second kappa shape index (κ2) is 5.09. The molecular weight excluding hydrogens is 276 g/mol. The number of fused-ring (bicyclic) bond motifs is 1. The molecule has 1 aliphatic rings. The third-order valence-corrected chi connectivity index (χ3v) is 4.29. The normalized spacial score (nSPS) is 13.1. The van der Waals surface area contributed by atoms with Crippen LogP contribution in [-0.4, -0.2) is 23.0 Å². The Kier molecular flexibility index (Phi) is 3.27. The lowest BCUT2D eigenvalue weighted by Gasteiger charge is -2.08. The molecule has 2 aromatic rings. The lowest BCUT2D eigenvalue weighted by Crippen LogP contribution is -2.09. The molecule has 0 aliphatic heterocycles. The van der Waals surface area contributed by atoms with Crippen LogP contribution in [0.15, 0.2) is 12.3 Å². The Morgan fingerprint density at radius 2 is 2.35 bits per heavy atom. The molecule has 2 aromatic heterocycles. The lowest BCUT2D eigenvalue weighted by molar-refractivity contribution is 0.0602. The molecule has 0 saturated carbocycles. The maximum atomic E-state index is 11.6. The highest BCUT2D eigenvalue weighted by atomic mass is 32.1. The number of aromatic nitrogens is 2. The number of carbonyl (C=O) groups is 1. The molecule has 1 aliphatic carbocycles. The van der Waals surface area contributed by atoms with E-state index in [1.54, 1.807) is 11.3 Å². The van der Waals surface area contributed by atoms with Gasteiger partial charge < -0.3 is 15.8 Å². The number of nitrogens with zero attached hydrogens (tertiary/aromatic N) is 2. The third kappa shape index (κ3) is 2.20. The van der Waals surface area contributed by atoms with Crippen LogP contribution in [0.4, 0.5) is 16.6 Å². The zero-order chi connectivity index (χ0) is 14.1. The van der Waals surface area contributed by atoms with Gasteiger partial charge in [-0.1, -0.05) is 0 Å². The summed E-state index contributed by atoms with van der Waals surface area (Å²) < 4.78 is 4.68. The molecule has 0 atom stereocenters. The van der Waals surface area contributed by atoms with Gasteiger partial charge >= 0.3 is 5.97 Å². The first-order valence-corrected chi connectivity index (χ1v) is 7.09. The predicted octanol–water partition coefficient (Wildman–Crippen LogP) is 2.14. The molecule has 3 rings (SSSR count). The van der Waals surface area contributed by atoms with E-state index in [0.29, 0.717) is 11.4 Å². The molecule has 6 nitrogen and oxygen atoms in total. The number of aryl methyl sites for hydroxylation is 2. The molecule has 0 aromatic carbocycles. The van der Waals surface area contributed by atoms with E-state index >= 15 is 0 Å². The minimum atomic E-state index is -0.477. The predicted molar refractivity (Wildman–Crippen MR) is 77.4 cm³/mol. The zero-order valence-corrected chi connectivity index (χ0v) is 11.8. The van der Waals surface area contributed by atoms with E-state index in [9.17, 15) is 4.79 Å². The van der Waals surface area contributed by atoms with Gasteiger partial charge in [-0.25, -0.2) is 14.8 Å². The van der Waals surface area contributed by atoms with Crippen LogP contribution < -0.4 is 11.1 Å². The van der Waals surface area contributed by atoms with E-state index < -0.39 is 5.97 Å². The summed E-state index contributed by atoms with van der Waals surface area (Å²) in [6.45, 7) is 0. The van der Waals surface area contributed by atoms with Crippen LogP contribution in [0.1, 0.15) is 27.3 Å². The molecule has 0 unspecified atom stereocenters. The van der Waals surface area contributed by atoms with Gasteiger partial charge in [0.25, 0.3) is 0 Å². The highest BCUT2D eigenvalue weighted by Crippen LogP contribution is 2.33. The second-order valence-electron chi connectivity index (χ2n) is 4.48. The molecule has 0 radical (unpaired) electrons. The number of anilines is 3. The monoisotopic (exact) mass is 290 g/mol. The Labute approximate surface area is 120 Å². The molecule has 20 heavy (non-hydrogen) atoms. The Balaban J connectivity index is 1.88. The van der Waals surface area contributed by atoms with Crippen molar-refractivity contribution in [3.63, 3.8) is 0 Å². The molecular formula is C13H14N4O2S. The fraction of sp³-hybridized carbons (Fsp3) is 0.308. The second-order valence-corrected chi connectivity index (χ2v) is 5.56. The molecule has 7 heteroatoms. The van der Waals surface area contributed by atoms with E-state index in [1.807, 2.05) is 0 Å². The van der Waals surface area contributed by atoms with Crippen molar-refractivity contribution in [2.45, 2.75) is 19.3 Å². The number of nitrogen functional groups attached to an aromatic ring is 1. The van der Waals surface area contributed by atoms with Crippen molar-refractivity contribution in [2.24, 2.45) is 0 Å². The number of hydrogen-bond acceptors (Lipinski definition) is 7. The van der Waals surface area contributed by atoms with Gasteiger partial charge in [-0.2, -0.15) is 0 Å². The molecule has 0 amide bonds. The summed E-state index contributed by atoms with van der Waals surface area (Å²) in [5, 5.41) is 3.84. The maximum Gasteiger partial charge on any atom is 0.340 e. The summed E-state index contributed by atoms with van der Waals surface area (Å²) in [6, 6.07) is 1.54. The van der Waals surface area contributed by atoms with Crippen molar-refractivity contribution < 1.29 is 9.53 Å². The summed E-state index contributed by atoms with van der Waals surface area (Å²) in [6.07, 6.45) is 4.80. The van der Waals surface area contributed by atoms with Crippen LogP contribution in [0, 0.1) is 0 Å². The van der Waals surface area contributed by atoms with Gasteiger partial charge in [-0.05, 0) is 25.3 Å². The quantitative estimate of drug-likeness (QED) is 0.842. The topological polar surface area (TPSA) is 90.1 Å². The van der Waals surface area contributed by atoms with Crippen LogP contribution in [0.5, 0.6) is 0 Å². The van der Waals surface area contributed by atoms with E-state index in [0.717, 1.165) is 23.7 Å². The Bertz CT molecular complexity index is 647. The van der Waals surface area contributed by atoms with Crippen molar-refractivity contribution >= 4 is 33.9 Å². The number of methoxy groups -OCH3 is 1. The van der Waals surface area contributed by atoms with Crippen molar-refractivity contribution in [3.05, 3.63) is 28.4 Å². The van der Waals surface area contributed by atoms with Crippen molar-refractivity contribution in [3.8, 4) is 0 Å². The fourth-order valence-electron chi connectivity index (χ4n) is 2.21. The smallest absolute Gasteiger partial charge is 0.340 e. The minimum Gasteiger partial charge on any atom is -0.465 e. The summed E-state index contributed by atoms with van der Waals surface area (Å²) in [5.41, 5.74) is 7.68. The van der Waals surface area contributed by atoms with Gasteiger partial charge in [0.2, 0.25) is 0 Å². The maximum absolute atomic E-state index is 11.6. The Morgan fingerprint density at radius 1 is 1.50 bits per heavy atom. The summed E-state index contributed by atoms with van der Waals surface area (Å²) >= 11 is 1.61. The fourth-order valence-corrected chi connectivity index (χ4v) is 3.25. The number of carbonyl (C=O) groups excluding carboxylic acids is 1. The first kappa shape index (κ1) is 12.9. The summed E-state index contributed by atoms with van der Waals surface area (Å²) in [7, 11) is 1.32. The average molecular weight is 290 g/mol. The van der Waals surface area contributed by atoms with Crippen LogP contribution in [0.25, 0.3) is 0 Å². The van der Waals surface area contributed by atoms with Crippen molar-refractivity contribution in [1.82, 2.24) is 9.97 Å². The Morgan fingerprint density at radius 3 is 3.10 bits per heavy atom. The van der Waals surface area contributed by atoms with Crippen LogP contribution in [0.2, 0.25) is 0 Å². The van der Waals surface area contributed by atoms with Gasteiger partial charge in [0.05, 0.1) is 24.1 Å². The number of hydrogen-bond donors (Lipinski definition) is 2. The molecule has 0 saturated heterocycles. The van der Waals surface area contributed by atoms with Gasteiger partial charge in [0.15, 0.2) is 10.9 Å². The number of esters is 1. The number of thiazole rings is 1. The van der Waals surface area contributed by atoms with Crippen molar-refractivity contribution in [2.75, 3.05) is 18.2 Å². The van der Waals surface area contributed by atoms with Crippen LogP contribution in [0.3, 0.4) is 0 Å². The highest BCUT2D eigenvalue weighted by Gasteiger charge is 2.19. The highest BCUT2D eigenvalue weighted by molar-refractivity contribution is 7.15. The molecule has 0 bridgehead atoms.